The molecular formula is C14H12F2N4O3S. The van der Waals surface area contributed by atoms with Crippen LogP contribution < -0.4 is 22.1 Å². The fraction of sp³-hybridized carbons (Fsp3) is 0.0714. The van der Waals surface area contributed by atoms with Crippen molar-refractivity contribution >= 4 is 39.2 Å². The molecule has 0 atom stereocenters. The predicted octanol–water partition coefficient (Wildman–Crippen LogP) is 2.18. The molecule has 2 aromatic rings. The summed E-state index contributed by atoms with van der Waals surface area (Å²) in [5.41, 5.74) is 9.37. The van der Waals surface area contributed by atoms with Crippen LogP contribution in [0.3, 0.4) is 0 Å². The Bertz CT molecular complexity index is 851. The van der Waals surface area contributed by atoms with Crippen LogP contribution in [0.25, 0.3) is 0 Å². The van der Waals surface area contributed by atoms with Crippen LogP contribution in [0, 0.1) is 18.6 Å². The van der Waals surface area contributed by atoms with E-state index in [4.69, 9.17) is 11.5 Å². The van der Waals surface area contributed by atoms with E-state index >= 15 is 0 Å². The van der Waals surface area contributed by atoms with Crippen LogP contribution in [-0.2, 0) is 0 Å². The van der Waals surface area contributed by atoms with Crippen molar-refractivity contribution in [3.05, 3.63) is 46.5 Å². The summed E-state index contributed by atoms with van der Waals surface area (Å²) in [6.45, 7) is 1.39. The van der Waals surface area contributed by atoms with E-state index in [-0.39, 0.29) is 21.1 Å². The van der Waals surface area contributed by atoms with Crippen molar-refractivity contribution in [1.29, 1.82) is 0 Å². The molecule has 1 aromatic heterocycles. The Morgan fingerprint density at radius 1 is 1.12 bits per heavy atom. The molecule has 0 bridgehead atoms. The van der Waals surface area contributed by atoms with Gasteiger partial charge in [0, 0.05) is 0 Å². The number of hydrogen-bond donors (Lipinski definition) is 4. The summed E-state index contributed by atoms with van der Waals surface area (Å²) in [5.74, 6) is -3.94. The Labute approximate surface area is 138 Å². The van der Waals surface area contributed by atoms with Gasteiger partial charge in [0.05, 0.1) is 10.6 Å². The zero-order chi connectivity index (χ0) is 18.0. The Morgan fingerprint density at radius 2 is 1.79 bits per heavy atom. The molecule has 1 aromatic carbocycles. The molecule has 0 aliphatic rings. The van der Waals surface area contributed by atoms with E-state index in [2.05, 4.69) is 10.6 Å². The maximum absolute atomic E-state index is 14.0. The number of benzene rings is 1. The van der Waals surface area contributed by atoms with Crippen molar-refractivity contribution < 1.29 is 23.2 Å². The second-order valence-corrected chi connectivity index (χ2v) is 5.77. The van der Waals surface area contributed by atoms with Gasteiger partial charge >= 0.3 is 6.03 Å². The first-order valence-electron chi connectivity index (χ1n) is 6.46. The molecule has 0 unspecified atom stereocenters. The van der Waals surface area contributed by atoms with Crippen LogP contribution in [0.4, 0.5) is 23.6 Å². The van der Waals surface area contributed by atoms with Gasteiger partial charge in [-0.15, -0.1) is 0 Å². The molecule has 0 aliphatic carbocycles. The van der Waals surface area contributed by atoms with Crippen molar-refractivity contribution in [1.82, 2.24) is 0 Å². The summed E-state index contributed by atoms with van der Waals surface area (Å²) in [7, 11) is 0. The van der Waals surface area contributed by atoms with Gasteiger partial charge in [0.25, 0.3) is 11.8 Å². The molecule has 1 heterocycles. The molecule has 0 saturated heterocycles. The number of thiophene rings is 1. The van der Waals surface area contributed by atoms with Crippen LogP contribution in [0.1, 0.15) is 26.3 Å². The third kappa shape index (κ3) is 3.49. The number of carbonyl (C=O) groups excluding carboxylic acids is 3. The topological polar surface area (TPSA) is 127 Å². The molecule has 126 valence electrons. The number of carbonyl (C=O) groups is 3. The van der Waals surface area contributed by atoms with Gasteiger partial charge in [-0.3, -0.25) is 14.9 Å². The second kappa shape index (κ2) is 6.62. The number of rotatable bonds is 4. The van der Waals surface area contributed by atoms with Crippen LogP contribution in [0.5, 0.6) is 0 Å². The monoisotopic (exact) mass is 354 g/mol. The van der Waals surface area contributed by atoms with Gasteiger partial charge in [0.1, 0.15) is 22.2 Å². The highest BCUT2D eigenvalue weighted by atomic mass is 32.1. The number of nitrogens with one attached hydrogen (secondary N) is 2. The molecule has 0 spiro atoms. The molecule has 24 heavy (non-hydrogen) atoms. The van der Waals surface area contributed by atoms with E-state index < -0.39 is 35.0 Å². The third-order valence-corrected chi connectivity index (χ3v) is 3.95. The number of halogens is 2. The molecule has 2 rings (SSSR count). The molecule has 4 amide bonds. The zero-order valence-corrected chi connectivity index (χ0v) is 13.1. The van der Waals surface area contributed by atoms with E-state index in [0.29, 0.717) is 0 Å². The minimum Gasteiger partial charge on any atom is -0.366 e. The summed E-state index contributed by atoms with van der Waals surface area (Å²) < 4.78 is 27.7. The Balaban J connectivity index is 2.35. The predicted molar refractivity (Wildman–Crippen MR) is 85.1 cm³/mol. The fourth-order valence-electron chi connectivity index (χ4n) is 1.88. The van der Waals surface area contributed by atoms with Gasteiger partial charge in [-0.25, -0.2) is 13.6 Å². The minimum atomic E-state index is -1.04. The third-order valence-electron chi connectivity index (χ3n) is 2.98. The number of primary amides is 2. The lowest BCUT2D eigenvalue weighted by Crippen LogP contribution is -2.21. The lowest BCUT2D eigenvalue weighted by Gasteiger charge is -2.07. The average Bonchev–Trinajstić information content (AvgIpc) is 2.85. The van der Waals surface area contributed by atoms with Crippen LogP contribution in [0.2, 0.25) is 0 Å². The number of hydrogen-bond acceptors (Lipinski definition) is 4. The summed E-state index contributed by atoms with van der Waals surface area (Å²) in [5, 5.41) is 4.50. The second-order valence-electron chi connectivity index (χ2n) is 4.71. The summed E-state index contributed by atoms with van der Waals surface area (Å²) in [6, 6.07) is 2.40. The maximum atomic E-state index is 14.0. The van der Waals surface area contributed by atoms with Gasteiger partial charge in [0.15, 0.2) is 0 Å². The Hall–Kier alpha value is -3.01. The fourth-order valence-corrected chi connectivity index (χ4v) is 2.84. The zero-order valence-electron chi connectivity index (χ0n) is 12.3. The summed E-state index contributed by atoms with van der Waals surface area (Å²) in [6.07, 6.45) is 0. The first-order valence-corrected chi connectivity index (χ1v) is 7.28. The number of urea groups is 1. The van der Waals surface area contributed by atoms with Crippen molar-refractivity contribution in [3.63, 3.8) is 0 Å². The minimum absolute atomic E-state index is 0.00971. The molecule has 10 heteroatoms. The lowest BCUT2D eigenvalue weighted by atomic mass is 10.1. The Kier molecular flexibility index (Phi) is 4.79. The molecule has 0 saturated carbocycles. The highest BCUT2D eigenvalue weighted by Gasteiger charge is 2.21. The highest BCUT2D eigenvalue weighted by molar-refractivity contribution is 7.20. The van der Waals surface area contributed by atoms with Crippen molar-refractivity contribution in [3.8, 4) is 0 Å². The van der Waals surface area contributed by atoms with Gasteiger partial charge in [-0.05, 0) is 24.6 Å². The molecule has 7 nitrogen and oxygen atoms in total. The molecule has 0 fully saturated rings. The summed E-state index contributed by atoms with van der Waals surface area (Å²) >= 11 is 0.765. The smallest absolute Gasteiger partial charge is 0.317 e. The van der Waals surface area contributed by atoms with Gasteiger partial charge < -0.3 is 16.8 Å². The van der Waals surface area contributed by atoms with Crippen LogP contribution >= 0.6 is 11.3 Å². The molecule has 0 radical (unpaired) electrons. The van der Waals surface area contributed by atoms with Crippen molar-refractivity contribution in [2.75, 3.05) is 10.6 Å². The number of nitrogens with two attached hydrogens (primary N) is 2. The summed E-state index contributed by atoms with van der Waals surface area (Å²) in [4.78, 5) is 34.3. The van der Waals surface area contributed by atoms with Gasteiger partial charge in [0.2, 0.25) is 0 Å². The van der Waals surface area contributed by atoms with Gasteiger partial charge in [-0.1, -0.05) is 17.4 Å². The first-order chi connectivity index (χ1) is 11.2. The Morgan fingerprint density at radius 3 is 2.38 bits per heavy atom. The van der Waals surface area contributed by atoms with E-state index in [1.165, 1.54) is 19.1 Å². The van der Waals surface area contributed by atoms with E-state index in [1.807, 2.05) is 0 Å². The van der Waals surface area contributed by atoms with Gasteiger partial charge in [-0.2, -0.15) is 0 Å². The normalized spacial score (nSPS) is 10.3. The van der Waals surface area contributed by atoms with E-state index in [9.17, 15) is 23.2 Å². The SMILES string of the molecule is Cc1ccc(F)c(C(=O)Nc2cc(C(N)=O)c(NC(N)=O)s2)c1F. The van der Waals surface area contributed by atoms with Crippen LogP contribution in [0.15, 0.2) is 18.2 Å². The number of amides is 4. The average molecular weight is 354 g/mol. The molecule has 6 N–H and O–H groups in total. The number of anilines is 2. The number of aryl methyl sites for hydroxylation is 1. The first kappa shape index (κ1) is 17.3. The lowest BCUT2D eigenvalue weighted by molar-refractivity contribution is 0.0996. The largest absolute Gasteiger partial charge is 0.366 e. The molecular weight excluding hydrogens is 342 g/mol. The standard InChI is InChI=1S/C14H12F2N4O3S/c1-5-2-3-7(15)9(10(5)16)12(22)19-8-4-6(11(17)21)13(24-8)20-14(18)23/h2-4H,1H3,(H2,17,21)(H,19,22)(H3,18,20,23). The van der Waals surface area contributed by atoms with E-state index in [1.54, 1.807) is 0 Å². The van der Waals surface area contributed by atoms with E-state index in [0.717, 1.165) is 17.4 Å². The highest BCUT2D eigenvalue weighted by Crippen LogP contribution is 2.32. The quantitative estimate of drug-likeness (QED) is 0.672. The van der Waals surface area contributed by atoms with Crippen LogP contribution in [-0.4, -0.2) is 17.8 Å². The van der Waals surface area contributed by atoms with Crippen molar-refractivity contribution in [2.45, 2.75) is 6.92 Å². The van der Waals surface area contributed by atoms with Crippen molar-refractivity contribution in [2.24, 2.45) is 11.5 Å². The maximum Gasteiger partial charge on any atom is 0.317 e. The molecule has 0 aliphatic heterocycles.